The Hall–Kier alpha value is -1.24. The number of benzene rings is 1. The number of hydrogen-bond donors (Lipinski definition) is 1. The fourth-order valence-electron chi connectivity index (χ4n) is 1.09. The summed E-state index contributed by atoms with van der Waals surface area (Å²) in [5.41, 5.74) is -0.531. The predicted octanol–water partition coefficient (Wildman–Crippen LogP) is 2.76. The van der Waals surface area contributed by atoms with Gasteiger partial charge in [-0.05, 0) is 49.8 Å². The molecular formula is C14H16O2S. The van der Waals surface area contributed by atoms with Crippen LogP contribution in [0, 0.1) is 11.8 Å². The molecule has 0 radical (unpaired) electrons. The summed E-state index contributed by atoms with van der Waals surface area (Å²) in [6.45, 7) is 3.43. The van der Waals surface area contributed by atoms with E-state index in [1.54, 1.807) is 30.8 Å². The maximum atomic E-state index is 11.7. The van der Waals surface area contributed by atoms with Gasteiger partial charge in [0.15, 0.2) is 0 Å². The summed E-state index contributed by atoms with van der Waals surface area (Å²) in [5.74, 6) is 4.81. The molecule has 0 heterocycles. The molecule has 3 heteroatoms. The topological polar surface area (TPSA) is 37.3 Å². The van der Waals surface area contributed by atoms with Gasteiger partial charge in [-0.25, -0.2) is 0 Å². The molecule has 90 valence electrons. The first kappa shape index (κ1) is 13.8. The second kappa shape index (κ2) is 5.90. The van der Waals surface area contributed by atoms with Crippen LogP contribution in [-0.4, -0.2) is 22.7 Å². The zero-order chi connectivity index (χ0) is 12.9. The van der Waals surface area contributed by atoms with Crippen molar-refractivity contribution in [1.82, 2.24) is 0 Å². The molecule has 1 aromatic rings. The van der Waals surface area contributed by atoms with Gasteiger partial charge in [-0.1, -0.05) is 12.8 Å². The molecule has 0 aliphatic carbocycles. The second-order valence-electron chi connectivity index (χ2n) is 3.94. The van der Waals surface area contributed by atoms with Gasteiger partial charge in [0, 0.05) is 10.5 Å². The fraction of sp³-hybridized carbons (Fsp3) is 0.357. The molecule has 0 spiro atoms. The van der Waals surface area contributed by atoms with Crippen LogP contribution in [0.4, 0.5) is 0 Å². The van der Waals surface area contributed by atoms with E-state index < -0.39 is 5.60 Å². The molecule has 1 atom stereocenters. The van der Waals surface area contributed by atoms with Gasteiger partial charge < -0.3 is 5.11 Å². The summed E-state index contributed by atoms with van der Waals surface area (Å²) < 4.78 is 0. The zero-order valence-corrected chi connectivity index (χ0v) is 11.1. The highest BCUT2D eigenvalue weighted by atomic mass is 32.2. The Bertz CT molecular complexity index is 449. The van der Waals surface area contributed by atoms with E-state index in [-0.39, 0.29) is 5.78 Å². The number of carbonyl (C=O) groups excluding carboxylic acids is 1. The summed E-state index contributed by atoms with van der Waals surface area (Å²) in [7, 11) is 0. The highest BCUT2D eigenvalue weighted by Gasteiger charge is 2.13. The Morgan fingerprint density at radius 3 is 2.47 bits per heavy atom. The van der Waals surface area contributed by atoms with Crippen molar-refractivity contribution in [2.24, 2.45) is 0 Å². The van der Waals surface area contributed by atoms with Crippen LogP contribution >= 0.6 is 11.8 Å². The maximum Gasteiger partial charge on any atom is 0.235 e. The molecule has 1 unspecified atom stereocenters. The molecule has 0 fully saturated rings. The molecule has 17 heavy (non-hydrogen) atoms. The van der Waals surface area contributed by atoms with E-state index in [0.29, 0.717) is 12.0 Å². The number of ketones is 1. The smallest absolute Gasteiger partial charge is 0.235 e. The van der Waals surface area contributed by atoms with E-state index in [9.17, 15) is 9.90 Å². The molecule has 0 saturated heterocycles. The minimum absolute atomic E-state index is 0.258. The highest BCUT2D eigenvalue weighted by Crippen LogP contribution is 2.15. The number of aliphatic hydroxyl groups is 1. The normalized spacial score (nSPS) is 13.4. The van der Waals surface area contributed by atoms with Crippen LogP contribution in [-0.2, 0) is 0 Å². The maximum absolute atomic E-state index is 11.7. The first-order valence-electron chi connectivity index (χ1n) is 5.42. The molecule has 0 bridgehead atoms. The number of thioether (sulfide) groups is 1. The third kappa shape index (κ3) is 4.26. The van der Waals surface area contributed by atoms with Gasteiger partial charge in [-0.3, -0.25) is 4.79 Å². The van der Waals surface area contributed by atoms with Crippen molar-refractivity contribution in [3.8, 4) is 11.8 Å². The first-order valence-corrected chi connectivity index (χ1v) is 6.65. The van der Waals surface area contributed by atoms with Gasteiger partial charge in [0.25, 0.3) is 0 Å². The lowest BCUT2D eigenvalue weighted by Crippen LogP contribution is -2.19. The molecule has 1 aromatic carbocycles. The van der Waals surface area contributed by atoms with Crippen molar-refractivity contribution in [3.63, 3.8) is 0 Å². The van der Waals surface area contributed by atoms with Crippen LogP contribution in [0.5, 0.6) is 0 Å². The van der Waals surface area contributed by atoms with Gasteiger partial charge >= 0.3 is 0 Å². The van der Waals surface area contributed by atoms with E-state index in [0.717, 1.165) is 4.90 Å². The van der Waals surface area contributed by atoms with E-state index in [1.807, 2.05) is 25.3 Å². The first-order chi connectivity index (χ1) is 7.98. The molecule has 1 rings (SSSR count). The quantitative estimate of drug-likeness (QED) is 0.387. The van der Waals surface area contributed by atoms with Crippen molar-refractivity contribution >= 4 is 17.5 Å². The summed E-state index contributed by atoms with van der Waals surface area (Å²) in [4.78, 5) is 12.8. The Labute approximate surface area is 106 Å². The van der Waals surface area contributed by atoms with Gasteiger partial charge in [0.1, 0.15) is 5.60 Å². The SMILES string of the molecule is CCC(C)(O)C#CC(=O)c1ccc(SC)cc1. The van der Waals surface area contributed by atoms with Crippen LogP contribution < -0.4 is 0 Å². The minimum atomic E-state index is -1.09. The Morgan fingerprint density at radius 1 is 1.41 bits per heavy atom. The lowest BCUT2D eigenvalue weighted by molar-refractivity contribution is 0.104. The standard InChI is InChI=1S/C14H16O2S/c1-4-14(2,16)10-9-13(15)11-5-7-12(17-3)8-6-11/h5-8,16H,4H2,1-3H3. The van der Waals surface area contributed by atoms with Crippen LogP contribution in [0.3, 0.4) is 0 Å². The molecule has 0 aromatic heterocycles. The summed E-state index contributed by atoms with van der Waals surface area (Å²) in [5, 5.41) is 9.67. The number of carbonyl (C=O) groups is 1. The molecule has 1 N–H and O–H groups in total. The Kier molecular flexibility index (Phi) is 4.80. The van der Waals surface area contributed by atoms with Crippen molar-refractivity contribution in [3.05, 3.63) is 29.8 Å². The largest absolute Gasteiger partial charge is 0.378 e. The van der Waals surface area contributed by atoms with Crippen LogP contribution in [0.1, 0.15) is 30.6 Å². The minimum Gasteiger partial charge on any atom is -0.378 e. The predicted molar refractivity (Wildman–Crippen MR) is 71.2 cm³/mol. The zero-order valence-electron chi connectivity index (χ0n) is 10.3. The van der Waals surface area contributed by atoms with E-state index in [1.165, 1.54) is 0 Å². The van der Waals surface area contributed by atoms with E-state index in [4.69, 9.17) is 0 Å². The molecule has 0 amide bonds. The van der Waals surface area contributed by atoms with E-state index in [2.05, 4.69) is 11.8 Å². The lowest BCUT2D eigenvalue weighted by Gasteiger charge is -2.11. The number of rotatable bonds is 3. The average Bonchev–Trinajstić information content (AvgIpc) is 2.36. The van der Waals surface area contributed by atoms with Gasteiger partial charge in [-0.15, -0.1) is 11.8 Å². The van der Waals surface area contributed by atoms with Crippen molar-refractivity contribution in [1.29, 1.82) is 0 Å². The Balaban J connectivity index is 2.83. The molecule has 0 aliphatic rings. The van der Waals surface area contributed by atoms with Crippen molar-refractivity contribution in [2.45, 2.75) is 30.8 Å². The van der Waals surface area contributed by atoms with Crippen LogP contribution in [0.15, 0.2) is 29.2 Å². The molecule has 0 saturated carbocycles. The third-order valence-corrected chi connectivity index (χ3v) is 3.23. The van der Waals surface area contributed by atoms with Crippen molar-refractivity contribution in [2.75, 3.05) is 6.26 Å². The van der Waals surface area contributed by atoms with Gasteiger partial charge in [0.2, 0.25) is 5.78 Å². The summed E-state index contributed by atoms with van der Waals surface area (Å²) in [6.07, 6.45) is 2.48. The van der Waals surface area contributed by atoms with Crippen molar-refractivity contribution < 1.29 is 9.90 Å². The third-order valence-electron chi connectivity index (χ3n) is 2.49. The van der Waals surface area contributed by atoms with Crippen LogP contribution in [0.25, 0.3) is 0 Å². The number of Topliss-reactive ketones (excluding diaryl/α,β-unsaturated/α-hetero) is 1. The highest BCUT2D eigenvalue weighted by molar-refractivity contribution is 7.98. The van der Waals surface area contributed by atoms with Crippen LogP contribution in [0.2, 0.25) is 0 Å². The summed E-state index contributed by atoms with van der Waals surface area (Å²) in [6, 6.07) is 7.28. The lowest BCUT2D eigenvalue weighted by atomic mass is 10.0. The van der Waals surface area contributed by atoms with Gasteiger partial charge in [-0.2, -0.15) is 0 Å². The molecule has 2 nitrogen and oxygen atoms in total. The molecular weight excluding hydrogens is 232 g/mol. The Morgan fingerprint density at radius 2 is 2.00 bits per heavy atom. The summed E-state index contributed by atoms with van der Waals surface area (Å²) >= 11 is 1.62. The fourth-order valence-corrected chi connectivity index (χ4v) is 1.50. The second-order valence-corrected chi connectivity index (χ2v) is 4.81. The molecule has 0 aliphatic heterocycles. The van der Waals surface area contributed by atoms with Gasteiger partial charge in [0.05, 0.1) is 0 Å². The number of hydrogen-bond acceptors (Lipinski definition) is 3. The monoisotopic (exact) mass is 248 g/mol. The van der Waals surface area contributed by atoms with E-state index >= 15 is 0 Å². The average molecular weight is 248 g/mol.